The van der Waals surface area contributed by atoms with Gasteiger partial charge in [0.05, 0.1) is 0 Å². The van der Waals surface area contributed by atoms with Gasteiger partial charge in [0.1, 0.15) is 67.6 Å². The maximum Gasteiger partial charge on any atom is 0.141 e. The minimum Gasteiger partial charge on any atom is -0.506 e. The molecular weight excluding hydrogens is 925 g/mol. The van der Waals surface area contributed by atoms with E-state index in [1.165, 1.54) is 0 Å². The second-order valence-corrected chi connectivity index (χ2v) is 14.1. The van der Waals surface area contributed by atoms with Gasteiger partial charge in [0.25, 0.3) is 0 Å². The molecule has 0 aliphatic carbocycles. The number of para-hydroxylation sites is 6. The molecule has 0 atom stereocenters. The van der Waals surface area contributed by atoms with E-state index in [0.29, 0.717) is 33.1 Å². The third kappa shape index (κ3) is 12.7. The van der Waals surface area contributed by atoms with E-state index in [9.17, 15) is 30.6 Å². The van der Waals surface area contributed by atoms with Gasteiger partial charge in [0.15, 0.2) is 0 Å². The molecule has 6 aromatic heterocycles. The van der Waals surface area contributed by atoms with E-state index in [1.54, 1.807) is 110 Å². The first-order chi connectivity index (χ1) is 32.3. The largest absolute Gasteiger partial charge is 0.506 e. The summed E-state index contributed by atoms with van der Waals surface area (Å²) in [7, 11) is 0. The van der Waals surface area contributed by atoms with Crippen LogP contribution in [0.3, 0.4) is 0 Å². The summed E-state index contributed by atoms with van der Waals surface area (Å²) >= 11 is 0. The van der Waals surface area contributed by atoms with E-state index in [2.05, 4.69) is 29.9 Å². The van der Waals surface area contributed by atoms with E-state index < -0.39 is 0 Å². The fourth-order valence-corrected chi connectivity index (χ4v) is 6.53. The minimum absolute atomic E-state index is 0. The molecule has 12 aromatic rings. The summed E-state index contributed by atoms with van der Waals surface area (Å²) < 4.78 is 0. The van der Waals surface area contributed by atoms with Crippen molar-refractivity contribution in [3.63, 3.8) is 0 Å². The van der Waals surface area contributed by atoms with E-state index in [0.717, 1.165) is 32.3 Å². The molecule has 0 aliphatic heterocycles. The number of pyridine rings is 6. The van der Waals surface area contributed by atoms with E-state index >= 15 is 0 Å². The zero-order valence-electron chi connectivity index (χ0n) is 35.6. The molecule has 12 nitrogen and oxygen atoms in total. The number of phenols is 6. The van der Waals surface area contributed by atoms with Crippen LogP contribution in [0.5, 0.6) is 34.5 Å². The third-order valence-electron chi connectivity index (χ3n) is 9.67. The summed E-state index contributed by atoms with van der Waals surface area (Å²) in [6.45, 7) is 0. The molecule has 0 bridgehead atoms. The molecule has 0 aliphatic rings. The number of aromatic hydroxyl groups is 6. The molecule has 0 fully saturated rings. The Balaban J connectivity index is 0.000000132. The molecule has 0 saturated heterocycles. The Morgan fingerprint density at radius 3 is 0.463 bits per heavy atom. The van der Waals surface area contributed by atoms with Crippen molar-refractivity contribution in [2.45, 2.75) is 0 Å². The molecule has 330 valence electrons. The van der Waals surface area contributed by atoms with Gasteiger partial charge in [-0.15, -0.1) is 0 Å². The maximum atomic E-state index is 9.31. The summed E-state index contributed by atoms with van der Waals surface area (Å²) in [6.07, 6.45) is 10.0. The number of benzene rings is 6. The standard InChI is InChI=1S/6C9H7NO.Mo/c6*11-8-5-1-3-7-4-2-6-10-9(7)8;/h6*1-6,11H;. The summed E-state index contributed by atoms with van der Waals surface area (Å²) in [5, 5.41) is 61.6. The summed E-state index contributed by atoms with van der Waals surface area (Å²) in [4.78, 5) is 24.2. The molecule has 6 N–H and O–H groups in total. The van der Waals surface area contributed by atoms with Crippen molar-refractivity contribution in [3.05, 3.63) is 219 Å². The number of nitrogens with zero attached hydrogens (tertiary/aromatic N) is 6. The fraction of sp³-hybridized carbons (Fsp3) is 0. The Morgan fingerprint density at radius 1 is 0.194 bits per heavy atom. The van der Waals surface area contributed by atoms with Crippen LogP contribution in [0.15, 0.2) is 219 Å². The Hall–Kier alpha value is -8.73. The number of hydrogen-bond donors (Lipinski definition) is 6. The van der Waals surface area contributed by atoms with E-state index in [4.69, 9.17) is 0 Å². The van der Waals surface area contributed by atoms with Crippen LogP contribution in [-0.2, 0) is 21.1 Å². The zero-order valence-corrected chi connectivity index (χ0v) is 37.6. The predicted octanol–water partition coefficient (Wildman–Crippen LogP) is 11.6. The number of aromatic nitrogens is 6. The predicted molar refractivity (Wildman–Crippen MR) is 260 cm³/mol. The topological polar surface area (TPSA) is 199 Å². The molecule has 6 heterocycles. The van der Waals surface area contributed by atoms with Crippen LogP contribution in [0.25, 0.3) is 65.4 Å². The van der Waals surface area contributed by atoms with Gasteiger partial charge in [-0.25, -0.2) is 0 Å². The van der Waals surface area contributed by atoms with Gasteiger partial charge in [0.2, 0.25) is 0 Å². The SMILES string of the molecule is Oc1cccc2cccnc12.Oc1cccc2cccnc12.Oc1cccc2cccnc12.Oc1cccc2cccnc12.Oc1cccc2cccnc12.Oc1cccc2cccnc12.[Mo]. The molecule has 13 heteroatoms. The maximum absolute atomic E-state index is 9.31. The average Bonchev–Trinajstić information content (AvgIpc) is 3.36. The average molecular weight is 967 g/mol. The Labute approximate surface area is 398 Å². The number of fused-ring (bicyclic) bond motifs is 6. The monoisotopic (exact) mass is 968 g/mol. The molecule has 0 spiro atoms. The smallest absolute Gasteiger partial charge is 0.141 e. The molecule has 0 amide bonds. The van der Waals surface area contributed by atoms with Crippen LogP contribution in [0.1, 0.15) is 0 Å². The van der Waals surface area contributed by atoms with Crippen molar-refractivity contribution in [1.82, 2.24) is 29.9 Å². The van der Waals surface area contributed by atoms with Crippen molar-refractivity contribution in [2.24, 2.45) is 0 Å². The van der Waals surface area contributed by atoms with Crippen molar-refractivity contribution in [1.29, 1.82) is 0 Å². The minimum atomic E-state index is 0. The normalized spacial score (nSPS) is 10.0. The van der Waals surface area contributed by atoms with Crippen LogP contribution in [-0.4, -0.2) is 60.5 Å². The number of hydrogen-bond acceptors (Lipinski definition) is 12. The Bertz CT molecular complexity index is 2880. The van der Waals surface area contributed by atoms with Gasteiger partial charge in [-0.3, -0.25) is 29.9 Å². The van der Waals surface area contributed by atoms with Crippen molar-refractivity contribution in [3.8, 4) is 34.5 Å². The second-order valence-electron chi connectivity index (χ2n) is 14.1. The van der Waals surface area contributed by atoms with Gasteiger partial charge in [-0.05, 0) is 72.8 Å². The molecule has 0 radical (unpaired) electrons. The van der Waals surface area contributed by atoms with Crippen LogP contribution in [0, 0.1) is 0 Å². The van der Waals surface area contributed by atoms with Crippen molar-refractivity contribution >= 4 is 65.4 Å². The third-order valence-corrected chi connectivity index (χ3v) is 9.67. The fourth-order valence-electron chi connectivity index (χ4n) is 6.53. The van der Waals surface area contributed by atoms with Crippen LogP contribution in [0.4, 0.5) is 0 Å². The summed E-state index contributed by atoms with van der Waals surface area (Å²) in [5.41, 5.74) is 3.97. The molecule has 0 saturated carbocycles. The van der Waals surface area contributed by atoms with Gasteiger partial charge in [-0.2, -0.15) is 0 Å². The molecule has 0 unspecified atom stereocenters. The first-order valence-electron chi connectivity index (χ1n) is 20.4. The number of rotatable bonds is 0. The van der Waals surface area contributed by atoms with Crippen LogP contribution < -0.4 is 0 Å². The summed E-state index contributed by atoms with van der Waals surface area (Å²) in [6, 6.07) is 54.8. The second kappa shape index (κ2) is 23.8. The molecule has 67 heavy (non-hydrogen) atoms. The Kier molecular flexibility index (Phi) is 17.0. The summed E-state index contributed by atoms with van der Waals surface area (Å²) in [5.74, 6) is 1.43. The van der Waals surface area contributed by atoms with Gasteiger partial charge in [0, 0.05) is 90.6 Å². The molecular formula is C54H42MoN6O6. The number of phenolic OH excluding ortho intramolecular Hbond substituents is 6. The van der Waals surface area contributed by atoms with Gasteiger partial charge >= 0.3 is 0 Å². The van der Waals surface area contributed by atoms with Gasteiger partial charge < -0.3 is 30.6 Å². The first-order valence-corrected chi connectivity index (χ1v) is 20.4. The zero-order chi connectivity index (χ0) is 46.1. The van der Waals surface area contributed by atoms with Crippen LogP contribution in [0.2, 0.25) is 0 Å². The quantitative estimate of drug-likeness (QED) is 0.0787. The van der Waals surface area contributed by atoms with Crippen molar-refractivity contribution in [2.75, 3.05) is 0 Å². The van der Waals surface area contributed by atoms with E-state index in [1.807, 2.05) is 109 Å². The molecule has 6 aromatic carbocycles. The molecule has 12 rings (SSSR count). The van der Waals surface area contributed by atoms with Crippen LogP contribution >= 0.6 is 0 Å². The van der Waals surface area contributed by atoms with Crippen molar-refractivity contribution < 1.29 is 51.7 Å². The first kappa shape index (κ1) is 47.7. The van der Waals surface area contributed by atoms with E-state index in [-0.39, 0.29) is 55.6 Å². The Morgan fingerprint density at radius 2 is 0.328 bits per heavy atom. The van der Waals surface area contributed by atoms with Gasteiger partial charge in [-0.1, -0.05) is 109 Å².